The fourth-order valence-corrected chi connectivity index (χ4v) is 1.89. The maximum absolute atomic E-state index is 8.40. The highest BCUT2D eigenvalue weighted by atomic mass is 35.5. The van der Waals surface area contributed by atoms with Crippen LogP contribution in [-0.4, -0.2) is 18.6 Å². The second-order valence-electron chi connectivity index (χ2n) is 2.58. The van der Waals surface area contributed by atoms with Gasteiger partial charge in [-0.1, -0.05) is 0 Å². The molecule has 70 valence electrons. The summed E-state index contributed by atoms with van der Waals surface area (Å²) in [6.45, 7) is 0.714. The minimum absolute atomic E-state index is 0.447. The number of rotatable bonds is 4. The minimum atomic E-state index is 0.447. The molecule has 1 aromatic rings. The largest absolute Gasteiger partial charge is 0.350 e. The van der Waals surface area contributed by atoms with Crippen LogP contribution in [0.4, 0.5) is 5.13 Å². The lowest BCUT2D eigenvalue weighted by molar-refractivity contribution is 0.895. The van der Waals surface area contributed by atoms with Gasteiger partial charge in [-0.05, 0) is 0 Å². The molecule has 0 bridgehead atoms. The summed E-state index contributed by atoms with van der Waals surface area (Å²) >= 11 is 7.18. The van der Waals surface area contributed by atoms with Crippen LogP contribution in [0.3, 0.4) is 0 Å². The van der Waals surface area contributed by atoms with E-state index in [0.717, 1.165) is 10.8 Å². The summed E-state index contributed by atoms with van der Waals surface area (Å²) in [7, 11) is 1.92. The van der Waals surface area contributed by atoms with Gasteiger partial charge in [-0.3, -0.25) is 0 Å². The van der Waals surface area contributed by atoms with E-state index in [1.165, 1.54) is 0 Å². The Morgan fingerprint density at radius 2 is 2.54 bits per heavy atom. The topological polar surface area (TPSA) is 39.9 Å². The monoisotopic (exact) mass is 215 g/mol. The van der Waals surface area contributed by atoms with E-state index in [0.29, 0.717) is 18.8 Å². The molecule has 13 heavy (non-hydrogen) atoms. The molecule has 1 rings (SSSR count). The molecular formula is C8H10ClN3S. The summed E-state index contributed by atoms with van der Waals surface area (Å²) in [5, 5.41) is 11.3. The number of nitriles is 1. The maximum atomic E-state index is 8.40. The third kappa shape index (κ3) is 2.87. The van der Waals surface area contributed by atoms with Gasteiger partial charge >= 0.3 is 0 Å². The molecule has 0 saturated heterocycles. The average Bonchev–Trinajstić information content (AvgIpc) is 2.62. The molecule has 0 N–H and O–H groups in total. The Hall–Kier alpha value is -0.790. The molecule has 0 spiro atoms. The van der Waals surface area contributed by atoms with Crippen molar-refractivity contribution in [2.45, 2.75) is 12.3 Å². The van der Waals surface area contributed by atoms with Gasteiger partial charge in [0.1, 0.15) is 0 Å². The number of alkyl halides is 1. The van der Waals surface area contributed by atoms with Crippen LogP contribution in [0.2, 0.25) is 0 Å². The molecular weight excluding hydrogens is 206 g/mol. The molecule has 0 atom stereocenters. The fraction of sp³-hybridized carbons (Fsp3) is 0.500. The van der Waals surface area contributed by atoms with Crippen molar-refractivity contribution in [3.05, 3.63) is 11.1 Å². The van der Waals surface area contributed by atoms with Crippen molar-refractivity contribution in [1.82, 2.24) is 4.98 Å². The third-order valence-corrected chi connectivity index (χ3v) is 2.84. The Balaban J connectivity index is 2.56. The Kier molecular flexibility index (Phi) is 4.00. The first-order valence-corrected chi connectivity index (χ1v) is 5.27. The lowest BCUT2D eigenvalue weighted by Crippen LogP contribution is -2.17. The molecule has 5 heteroatoms. The second kappa shape index (κ2) is 5.05. The van der Waals surface area contributed by atoms with Crippen LogP contribution in [0.1, 0.15) is 12.1 Å². The normalized spacial score (nSPS) is 9.62. The number of nitrogens with zero attached hydrogens (tertiary/aromatic N) is 3. The van der Waals surface area contributed by atoms with Crippen LogP contribution < -0.4 is 4.90 Å². The lowest BCUT2D eigenvalue weighted by Gasteiger charge is -2.12. The summed E-state index contributed by atoms with van der Waals surface area (Å²) in [6, 6.07) is 2.10. The van der Waals surface area contributed by atoms with E-state index in [2.05, 4.69) is 11.1 Å². The summed E-state index contributed by atoms with van der Waals surface area (Å²) in [6.07, 6.45) is 0.520. The average molecular weight is 216 g/mol. The van der Waals surface area contributed by atoms with Gasteiger partial charge < -0.3 is 4.90 Å². The van der Waals surface area contributed by atoms with Gasteiger partial charge in [0.15, 0.2) is 5.13 Å². The first kappa shape index (κ1) is 10.3. The highest BCUT2D eigenvalue weighted by molar-refractivity contribution is 7.13. The van der Waals surface area contributed by atoms with E-state index in [-0.39, 0.29) is 0 Å². The highest BCUT2D eigenvalue weighted by Gasteiger charge is 2.05. The Labute approximate surface area is 86.6 Å². The van der Waals surface area contributed by atoms with Crippen LogP contribution >= 0.6 is 22.9 Å². The predicted molar refractivity (Wildman–Crippen MR) is 55.2 cm³/mol. The Bertz CT molecular complexity index is 305. The van der Waals surface area contributed by atoms with Crippen LogP contribution in [0, 0.1) is 11.3 Å². The van der Waals surface area contributed by atoms with E-state index < -0.39 is 0 Å². The molecule has 0 radical (unpaired) electrons. The van der Waals surface area contributed by atoms with Crippen molar-refractivity contribution in [3.8, 4) is 6.07 Å². The molecule has 0 aromatic carbocycles. The zero-order chi connectivity index (χ0) is 9.68. The third-order valence-electron chi connectivity index (χ3n) is 1.56. The van der Waals surface area contributed by atoms with Crippen molar-refractivity contribution in [1.29, 1.82) is 5.26 Å². The zero-order valence-corrected chi connectivity index (χ0v) is 8.90. The zero-order valence-electron chi connectivity index (χ0n) is 7.33. The van der Waals surface area contributed by atoms with Gasteiger partial charge in [-0.2, -0.15) is 5.26 Å². The van der Waals surface area contributed by atoms with E-state index in [9.17, 15) is 0 Å². The number of aromatic nitrogens is 1. The first-order chi connectivity index (χ1) is 6.27. The minimum Gasteiger partial charge on any atom is -0.350 e. The standard InChI is InChI=1S/C8H10ClN3S/c1-12(4-2-3-10)8-11-7(5-9)6-13-8/h6H,2,4-5H2,1H3. The van der Waals surface area contributed by atoms with Crippen LogP contribution in [0.5, 0.6) is 0 Å². The maximum Gasteiger partial charge on any atom is 0.185 e. The van der Waals surface area contributed by atoms with Gasteiger partial charge in [0.2, 0.25) is 0 Å². The molecule has 0 saturated carbocycles. The van der Waals surface area contributed by atoms with Gasteiger partial charge in [0.25, 0.3) is 0 Å². The lowest BCUT2D eigenvalue weighted by atomic mass is 10.4. The molecule has 0 unspecified atom stereocenters. The molecule has 0 aliphatic heterocycles. The SMILES string of the molecule is CN(CCC#N)c1nc(CCl)cs1. The van der Waals surface area contributed by atoms with E-state index >= 15 is 0 Å². The van der Waals surface area contributed by atoms with E-state index in [1.54, 1.807) is 11.3 Å². The van der Waals surface area contributed by atoms with Gasteiger partial charge in [-0.15, -0.1) is 22.9 Å². The van der Waals surface area contributed by atoms with Crippen LogP contribution in [-0.2, 0) is 5.88 Å². The van der Waals surface area contributed by atoms with Crippen LogP contribution in [0.25, 0.3) is 0 Å². The van der Waals surface area contributed by atoms with Crippen molar-refractivity contribution < 1.29 is 0 Å². The fourth-order valence-electron chi connectivity index (χ4n) is 0.846. The Morgan fingerprint density at radius 1 is 1.77 bits per heavy atom. The van der Waals surface area contributed by atoms with E-state index in [4.69, 9.17) is 16.9 Å². The molecule has 3 nitrogen and oxygen atoms in total. The number of hydrogen-bond acceptors (Lipinski definition) is 4. The van der Waals surface area contributed by atoms with Crippen molar-refractivity contribution in [2.75, 3.05) is 18.5 Å². The summed E-state index contributed by atoms with van der Waals surface area (Å²) in [5.74, 6) is 0.447. The van der Waals surface area contributed by atoms with Gasteiger partial charge in [-0.25, -0.2) is 4.98 Å². The number of thiazole rings is 1. The summed E-state index contributed by atoms with van der Waals surface area (Å²) < 4.78 is 0. The summed E-state index contributed by atoms with van der Waals surface area (Å²) in [5.41, 5.74) is 0.894. The van der Waals surface area contributed by atoms with Gasteiger partial charge in [0.05, 0.1) is 24.1 Å². The van der Waals surface area contributed by atoms with Crippen molar-refractivity contribution in [2.24, 2.45) is 0 Å². The van der Waals surface area contributed by atoms with E-state index in [1.807, 2.05) is 17.3 Å². The second-order valence-corrected chi connectivity index (χ2v) is 3.69. The van der Waals surface area contributed by atoms with Crippen molar-refractivity contribution in [3.63, 3.8) is 0 Å². The molecule has 0 fully saturated rings. The van der Waals surface area contributed by atoms with Crippen LogP contribution in [0.15, 0.2) is 5.38 Å². The number of anilines is 1. The molecule has 0 amide bonds. The molecule has 0 aliphatic carbocycles. The van der Waals surface area contributed by atoms with Gasteiger partial charge in [0, 0.05) is 19.0 Å². The van der Waals surface area contributed by atoms with Crippen molar-refractivity contribution >= 4 is 28.1 Å². The number of hydrogen-bond donors (Lipinski definition) is 0. The molecule has 1 aromatic heterocycles. The Morgan fingerprint density at radius 3 is 3.08 bits per heavy atom. The highest BCUT2D eigenvalue weighted by Crippen LogP contribution is 2.20. The quantitative estimate of drug-likeness (QED) is 0.724. The predicted octanol–water partition coefficient (Wildman–Crippen LogP) is 2.23. The summed E-state index contributed by atoms with van der Waals surface area (Å²) in [4.78, 5) is 6.25. The number of halogens is 1. The smallest absolute Gasteiger partial charge is 0.185 e. The first-order valence-electron chi connectivity index (χ1n) is 3.86. The molecule has 0 aliphatic rings. The molecule has 1 heterocycles.